The van der Waals surface area contributed by atoms with Gasteiger partial charge < -0.3 is 47.0 Å². The number of nitrogen functional groups attached to an aromatic ring is 1. The van der Waals surface area contributed by atoms with Gasteiger partial charge in [0.15, 0.2) is 0 Å². The van der Waals surface area contributed by atoms with Crippen LogP contribution in [0.3, 0.4) is 0 Å². The Morgan fingerprint density at radius 3 is 2.40 bits per heavy atom. The molecule has 4 aromatic rings. The molecule has 0 spiro atoms. The number of amides is 5. The summed E-state index contributed by atoms with van der Waals surface area (Å²) < 4.78 is 16.5. The van der Waals surface area contributed by atoms with Gasteiger partial charge in [-0.2, -0.15) is 10.4 Å². The SMILES string of the molecule is CC[C@H](NC(=O)[C@H]1C[C@@H](NCCCCCCCCC(=O)NCCn2nc3c(c2C#N)-c2cnc(N)c(c2)N2CCC[C@@H]2c2cc(F)ccc2C(=O)N(C2CC2)C3)CN1C(=O)C(NC(=O)[C@@H](C)NC)C(C)(C)C)c1ccccc1. The summed E-state index contributed by atoms with van der Waals surface area (Å²) in [6.45, 7) is 11.9. The number of hydrogen-bond acceptors (Lipinski definition) is 12. The van der Waals surface area contributed by atoms with E-state index in [1.165, 1.54) is 12.1 Å². The maximum Gasteiger partial charge on any atom is 0.254 e. The molecule has 7 N–H and O–H groups in total. The first-order chi connectivity index (χ1) is 37.5. The highest BCUT2D eigenvalue weighted by atomic mass is 19.1. The molecule has 1 saturated carbocycles. The Hall–Kier alpha value is -6.91. The molecule has 6 atom stereocenters. The van der Waals surface area contributed by atoms with Gasteiger partial charge in [-0.25, -0.2) is 9.37 Å². The summed E-state index contributed by atoms with van der Waals surface area (Å²) in [7, 11) is 1.70. The van der Waals surface area contributed by atoms with E-state index in [-0.39, 0.29) is 73.3 Å². The number of anilines is 2. The third-order valence-electron chi connectivity index (χ3n) is 16.0. The van der Waals surface area contributed by atoms with Crippen molar-refractivity contribution in [3.8, 4) is 17.2 Å². The monoisotopic (exact) mass is 1070 g/mol. The minimum absolute atomic E-state index is 0.00910. The predicted molar refractivity (Wildman–Crippen MR) is 298 cm³/mol. The van der Waals surface area contributed by atoms with Gasteiger partial charge in [-0.05, 0) is 113 Å². The van der Waals surface area contributed by atoms with Gasteiger partial charge in [-0.1, -0.05) is 83.7 Å². The van der Waals surface area contributed by atoms with Gasteiger partial charge in [-0.15, -0.1) is 0 Å². The second-order valence-electron chi connectivity index (χ2n) is 22.7. The number of carbonyl (C=O) groups excluding carboxylic acids is 5. The van der Waals surface area contributed by atoms with Crippen LogP contribution in [0.5, 0.6) is 0 Å². The molecule has 3 fully saturated rings. The Morgan fingerprint density at radius 1 is 0.949 bits per heavy atom. The van der Waals surface area contributed by atoms with Crippen LogP contribution in [0.25, 0.3) is 11.1 Å². The lowest BCUT2D eigenvalue weighted by atomic mass is 9.85. The molecule has 1 aliphatic carbocycles. The molecule has 78 heavy (non-hydrogen) atoms. The van der Waals surface area contributed by atoms with Gasteiger partial charge in [0.25, 0.3) is 5.91 Å². The van der Waals surface area contributed by atoms with Crippen LogP contribution in [0.15, 0.2) is 60.8 Å². The average molecular weight is 1070 g/mol. The van der Waals surface area contributed by atoms with E-state index >= 15 is 0 Å². The largest absolute Gasteiger partial charge is 0.382 e. The maximum atomic E-state index is 14.9. The number of rotatable bonds is 22. The molecule has 2 saturated heterocycles. The van der Waals surface area contributed by atoms with E-state index in [1.54, 1.807) is 35.8 Å². The first-order valence-corrected chi connectivity index (χ1v) is 28.3. The number of carbonyl (C=O) groups is 5. The van der Waals surface area contributed by atoms with Crippen molar-refractivity contribution in [3.05, 3.63) is 94.7 Å². The smallest absolute Gasteiger partial charge is 0.254 e. The van der Waals surface area contributed by atoms with E-state index in [2.05, 4.69) is 42.5 Å². The van der Waals surface area contributed by atoms with Gasteiger partial charge >= 0.3 is 0 Å². The number of nitrogens with two attached hydrogens (primary N) is 1. The Morgan fingerprint density at radius 2 is 1.69 bits per heavy atom. The van der Waals surface area contributed by atoms with Crippen molar-refractivity contribution in [2.45, 2.75) is 173 Å². The number of aromatic nitrogens is 3. The van der Waals surface area contributed by atoms with Crippen LogP contribution in [-0.4, -0.2) is 118 Å². The summed E-state index contributed by atoms with van der Waals surface area (Å²) >= 11 is 0. The van der Waals surface area contributed by atoms with Crippen LogP contribution in [0.2, 0.25) is 0 Å². The van der Waals surface area contributed by atoms with Gasteiger partial charge in [-0.3, -0.25) is 28.7 Å². The van der Waals surface area contributed by atoms with E-state index in [1.807, 2.05) is 69.0 Å². The van der Waals surface area contributed by atoms with Crippen LogP contribution in [-0.2, 0) is 32.3 Å². The molecule has 2 bridgehead atoms. The second kappa shape index (κ2) is 25.7. The zero-order valence-electron chi connectivity index (χ0n) is 46.4. The van der Waals surface area contributed by atoms with Crippen molar-refractivity contribution < 1.29 is 28.4 Å². The number of hydrogen-bond donors (Lipinski definition) is 6. The Balaban J connectivity index is 0.817. The van der Waals surface area contributed by atoms with Gasteiger partial charge in [0, 0.05) is 61.0 Å². The molecule has 3 aliphatic heterocycles. The molecule has 5 heterocycles. The lowest BCUT2D eigenvalue weighted by Crippen LogP contribution is -2.59. The Bertz CT molecular complexity index is 2820. The molecule has 8 rings (SSSR count). The highest BCUT2D eigenvalue weighted by Gasteiger charge is 2.46. The number of benzene rings is 2. The van der Waals surface area contributed by atoms with E-state index in [9.17, 15) is 33.6 Å². The standard InChI is InChI=1S/C59H80FN13O5/c1-7-45(38-18-13-12-14-19-38)67-56(76)49-32-41(35-72(49)58(78)53(59(3,4)5)68-55(75)37(2)63-6)64-26-16-11-9-8-10-15-21-51(74)65-27-29-73-50(33-61)52-39-30-48(54(62)66-34-39)70-28-17-20-47(70)44-31-40(60)22-25-43(44)57(77)71(42-23-24-42)36-46(52)69-73/h12-14,18-19,22,25,30-31,34,37,41-42,45,47,49,53,63-64H,7-11,15-17,20-21,23-24,26-29,32,35-36H2,1-6H3,(H2,62,66)(H,65,74)(H,67,76)(H,68,75)/t37-,41-,45+,47-,49-,53?/m1/s1. The molecule has 0 radical (unpaired) electrons. The second-order valence-corrected chi connectivity index (χ2v) is 22.7. The van der Waals surface area contributed by atoms with Crippen molar-refractivity contribution >= 4 is 41.0 Å². The third kappa shape index (κ3) is 13.5. The fourth-order valence-electron chi connectivity index (χ4n) is 11.4. The molecule has 5 amide bonds. The zero-order valence-corrected chi connectivity index (χ0v) is 46.4. The van der Waals surface area contributed by atoms with Crippen LogP contribution in [0, 0.1) is 22.6 Å². The first-order valence-electron chi connectivity index (χ1n) is 28.3. The van der Waals surface area contributed by atoms with Gasteiger partial charge in [0.05, 0.1) is 42.6 Å². The Kier molecular flexibility index (Phi) is 18.9. The fraction of sp³-hybridized carbons (Fsp3) is 0.559. The quantitative estimate of drug-likeness (QED) is 0.0446. The minimum atomic E-state index is -0.835. The zero-order chi connectivity index (χ0) is 55.7. The van der Waals surface area contributed by atoms with Crippen LogP contribution >= 0.6 is 0 Å². The normalized spacial score (nSPS) is 19.3. The van der Waals surface area contributed by atoms with Crippen molar-refractivity contribution in [2.75, 3.05) is 43.9 Å². The summed E-state index contributed by atoms with van der Waals surface area (Å²) in [5, 5.41) is 31.4. The lowest BCUT2D eigenvalue weighted by Gasteiger charge is -2.36. The number of nitriles is 1. The summed E-state index contributed by atoms with van der Waals surface area (Å²) in [5.41, 5.74) is 10.7. The van der Waals surface area contributed by atoms with E-state index in [4.69, 9.17) is 10.8 Å². The van der Waals surface area contributed by atoms with Crippen molar-refractivity contribution in [3.63, 3.8) is 0 Å². The van der Waals surface area contributed by atoms with Crippen molar-refractivity contribution in [1.29, 1.82) is 5.26 Å². The fourth-order valence-corrected chi connectivity index (χ4v) is 11.4. The van der Waals surface area contributed by atoms with Crippen molar-refractivity contribution in [2.24, 2.45) is 5.41 Å². The topological polar surface area (TPSA) is 236 Å². The number of pyridine rings is 1. The highest BCUT2D eigenvalue weighted by molar-refractivity contribution is 5.97. The van der Waals surface area contributed by atoms with Gasteiger partial charge in [0.1, 0.15) is 35.5 Å². The molecule has 18 nitrogen and oxygen atoms in total. The average Bonchev–Trinajstić information content (AvgIpc) is 3.85. The molecule has 2 aromatic carbocycles. The summed E-state index contributed by atoms with van der Waals surface area (Å²) in [4.78, 5) is 79.4. The molecule has 2 aromatic heterocycles. The molecule has 418 valence electrons. The molecular formula is C59H80FN13O5. The number of likely N-dealkylation sites (N-methyl/N-ethyl adjacent to an activating group) is 1. The first kappa shape index (κ1) is 57.3. The maximum absolute atomic E-state index is 14.9. The highest BCUT2D eigenvalue weighted by Crippen LogP contribution is 2.44. The van der Waals surface area contributed by atoms with Crippen LogP contribution in [0.1, 0.15) is 163 Å². The molecule has 19 heteroatoms. The van der Waals surface area contributed by atoms with Gasteiger partial charge in [0.2, 0.25) is 23.6 Å². The molecule has 1 unspecified atom stereocenters. The minimum Gasteiger partial charge on any atom is -0.382 e. The predicted octanol–water partition coefficient (Wildman–Crippen LogP) is 6.81. The number of nitrogens with one attached hydrogen (secondary N) is 5. The van der Waals surface area contributed by atoms with Crippen LogP contribution in [0.4, 0.5) is 15.9 Å². The molecule has 4 aliphatic rings. The van der Waals surface area contributed by atoms with Crippen molar-refractivity contribution in [1.82, 2.24) is 51.1 Å². The number of likely N-dealkylation sites (tertiary alicyclic amines) is 1. The van der Waals surface area contributed by atoms with Crippen LogP contribution < -0.4 is 37.2 Å². The van der Waals surface area contributed by atoms with E-state index in [0.29, 0.717) is 83.9 Å². The van der Waals surface area contributed by atoms with E-state index < -0.39 is 29.4 Å². The summed E-state index contributed by atoms with van der Waals surface area (Å²) in [5.74, 6) is -1.15. The van der Waals surface area contributed by atoms with E-state index in [0.717, 1.165) is 69.9 Å². The number of nitrogens with zero attached hydrogens (tertiary/aromatic N) is 7. The summed E-state index contributed by atoms with van der Waals surface area (Å²) in [6.07, 6.45) is 11.8. The number of unbranched alkanes of at least 4 members (excludes halogenated alkanes) is 5. The summed E-state index contributed by atoms with van der Waals surface area (Å²) in [6, 6.07) is 15.9. The number of halogens is 1. The Labute approximate surface area is 458 Å². The number of fused-ring (bicyclic) bond motifs is 8. The molecular weight excluding hydrogens is 990 g/mol. The third-order valence-corrected chi connectivity index (χ3v) is 16.0. The lowest BCUT2D eigenvalue weighted by molar-refractivity contribution is -0.144.